The van der Waals surface area contributed by atoms with Crippen molar-refractivity contribution in [2.24, 2.45) is 7.05 Å². The van der Waals surface area contributed by atoms with E-state index in [0.29, 0.717) is 11.5 Å². The molecule has 4 heteroatoms. The number of benzene rings is 2. The molecule has 0 fully saturated rings. The smallest absolute Gasteiger partial charge is 0.291 e. The maximum atomic E-state index is 12.3. The van der Waals surface area contributed by atoms with Gasteiger partial charge in [-0.2, -0.15) is 0 Å². The molecule has 2 N–H and O–H groups in total. The highest BCUT2D eigenvalue weighted by Gasteiger charge is 2.20. The minimum atomic E-state index is 0.0543. The van der Waals surface area contributed by atoms with Gasteiger partial charge in [-0.05, 0) is 12.1 Å². The van der Waals surface area contributed by atoms with Crippen LogP contribution in [0.15, 0.2) is 54.6 Å². The van der Waals surface area contributed by atoms with Gasteiger partial charge in [-0.25, -0.2) is 9.13 Å². The van der Waals surface area contributed by atoms with Gasteiger partial charge >= 0.3 is 5.95 Å². The second kappa shape index (κ2) is 4.81. The monoisotopic (exact) mass is 266 g/mol. The van der Waals surface area contributed by atoms with Crippen molar-refractivity contribution in [1.29, 1.82) is 0 Å². The maximum absolute atomic E-state index is 12.3. The van der Waals surface area contributed by atoms with E-state index in [9.17, 15) is 4.79 Å². The summed E-state index contributed by atoms with van der Waals surface area (Å²) in [5.74, 6) is 0.633. The lowest BCUT2D eigenvalue weighted by Crippen LogP contribution is -2.31. The number of fused-ring (bicyclic) bond motifs is 1. The lowest BCUT2D eigenvalue weighted by atomic mass is 10.1. The number of hydrogen-bond acceptors (Lipinski definition) is 2. The number of aromatic nitrogens is 2. The van der Waals surface area contributed by atoms with E-state index in [0.717, 1.165) is 11.0 Å². The zero-order valence-corrected chi connectivity index (χ0v) is 11.3. The zero-order valence-electron chi connectivity index (χ0n) is 11.3. The number of ketones is 1. The van der Waals surface area contributed by atoms with Gasteiger partial charge in [0.25, 0.3) is 0 Å². The zero-order chi connectivity index (χ0) is 14.1. The number of nitrogen functional groups attached to an aromatic ring is 1. The van der Waals surface area contributed by atoms with Gasteiger partial charge in [-0.3, -0.25) is 10.5 Å². The molecule has 0 aliphatic heterocycles. The number of Topliss-reactive ketones (excluding diaryl/α,β-unsaturated/α-hetero) is 1. The van der Waals surface area contributed by atoms with E-state index in [2.05, 4.69) is 0 Å². The second-order valence-electron chi connectivity index (χ2n) is 4.78. The van der Waals surface area contributed by atoms with Gasteiger partial charge in [0.15, 0.2) is 5.78 Å². The van der Waals surface area contributed by atoms with E-state index in [1.807, 2.05) is 70.8 Å². The van der Waals surface area contributed by atoms with Gasteiger partial charge in [-0.15, -0.1) is 0 Å². The highest BCUT2D eigenvalue weighted by Crippen LogP contribution is 2.16. The van der Waals surface area contributed by atoms with E-state index in [-0.39, 0.29) is 12.3 Å². The largest absolute Gasteiger partial charge is 0.356 e. The molecule has 0 amide bonds. The van der Waals surface area contributed by atoms with Crippen LogP contribution in [-0.4, -0.2) is 10.4 Å². The number of para-hydroxylation sites is 2. The van der Waals surface area contributed by atoms with E-state index in [1.54, 1.807) is 0 Å². The Morgan fingerprint density at radius 2 is 1.75 bits per heavy atom. The number of nitrogens with two attached hydrogens (primary N) is 1. The highest BCUT2D eigenvalue weighted by atomic mass is 16.1. The number of anilines is 1. The van der Waals surface area contributed by atoms with Crippen molar-refractivity contribution in [1.82, 2.24) is 4.57 Å². The quantitative estimate of drug-likeness (QED) is 0.582. The number of aryl methyl sites for hydroxylation is 1. The van der Waals surface area contributed by atoms with Crippen molar-refractivity contribution in [2.45, 2.75) is 6.54 Å². The molecule has 0 atom stereocenters. The molecule has 0 unspecified atom stereocenters. The normalized spacial score (nSPS) is 10.8. The van der Waals surface area contributed by atoms with Crippen LogP contribution in [0.3, 0.4) is 0 Å². The van der Waals surface area contributed by atoms with Crippen LogP contribution in [0.5, 0.6) is 0 Å². The standard InChI is InChI=1S/C16H15N3O/c1-18-13-9-5-6-10-14(13)19(16(18)17)11-15(20)12-7-3-2-4-8-12/h2-10,17H,11H2,1H3/p+1. The summed E-state index contributed by atoms with van der Waals surface area (Å²) in [6.45, 7) is 0.247. The van der Waals surface area contributed by atoms with Gasteiger partial charge in [-0.1, -0.05) is 42.5 Å². The van der Waals surface area contributed by atoms with Crippen LogP contribution in [0.1, 0.15) is 10.4 Å². The van der Waals surface area contributed by atoms with Crippen molar-refractivity contribution in [3.8, 4) is 0 Å². The number of hydrogen-bond donors (Lipinski definition) is 1. The van der Waals surface area contributed by atoms with Crippen molar-refractivity contribution < 1.29 is 9.36 Å². The lowest BCUT2D eigenvalue weighted by molar-refractivity contribution is -0.630. The lowest BCUT2D eigenvalue weighted by Gasteiger charge is -2.01. The van der Waals surface area contributed by atoms with Crippen LogP contribution in [0, 0.1) is 0 Å². The van der Waals surface area contributed by atoms with E-state index >= 15 is 0 Å². The van der Waals surface area contributed by atoms with Gasteiger partial charge in [0, 0.05) is 5.56 Å². The summed E-state index contributed by atoms with van der Waals surface area (Å²) in [6.07, 6.45) is 0. The number of carbonyl (C=O) groups is 1. The third-order valence-corrected chi connectivity index (χ3v) is 3.55. The SMILES string of the molecule is C[n+]1c(N)n(CC(=O)c2ccccc2)c2ccccc21. The predicted octanol–water partition coefficient (Wildman–Crippen LogP) is 1.93. The molecule has 3 aromatic rings. The van der Waals surface area contributed by atoms with E-state index < -0.39 is 0 Å². The summed E-state index contributed by atoms with van der Waals surface area (Å²) in [5, 5.41) is 0. The Morgan fingerprint density at radius 3 is 2.50 bits per heavy atom. The maximum Gasteiger partial charge on any atom is 0.356 e. The third kappa shape index (κ3) is 1.95. The van der Waals surface area contributed by atoms with Crippen LogP contribution in [-0.2, 0) is 13.6 Å². The van der Waals surface area contributed by atoms with E-state index in [1.165, 1.54) is 0 Å². The summed E-state index contributed by atoms with van der Waals surface area (Å²) in [5.41, 5.74) is 8.81. The fourth-order valence-electron chi connectivity index (χ4n) is 2.43. The third-order valence-electron chi connectivity index (χ3n) is 3.55. The van der Waals surface area contributed by atoms with Crippen molar-refractivity contribution >= 4 is 22.8 Å². The Labute approximate surface area is 117 Å². The molecule has 100 valence electrons. The molecule has 0 saturated carbocycles. The fraction of sp³-hybridized carbons (Fsp3) is 0.125. The van der Waals surface area contributed by atoms with Crippen molar-refractivity contribution in [2.75, 3.05) is 5.73 Å². The van der Waals surface area contributed by atoms with E-state index in [4.69, 9.17) is 5.73 Å². The Hall–Kier alpha value is -2.62. The first kappa shape index (κ1) is 12.4. The first-order valence-corrected chi connectivity index (χ1v) is 6.49. The Bertz CT molecular complexity index is 775. The average Bonchev–Trinajstić information content (AvgIpc) is 2.74. The molecule has 1 heterocycles. The number of nitrogens with zero attached hydrogens (tertiary/aromatic N) is 2. The second-order valence-corrected chi connectivity index (χ2v) is 4.78. The van der Waals surface area contributed by atoms with Gasteiger partial charge in [0.2, 0.25) is 0 Å². The molecule has 0 spiro atoms. The summed E-state index contributed by atoms with van der Waals surface area (Å²) in [6, 6.07) is 17.2. The summed E-state index contributed by atoms with van der Waals surface area (Å²) in [4.78, 5) is 12.3. The molecular formula is C16H16N3O+. The molecule has 0 radical (unpaired) electrons. The summed E-state index contributed by atoms with van der Waals surface area (Å²) < 4.78 is 3.75. The molecule has 0 bridgehead atoms. The van der Waals surface area contributed by atoms with Crippen molar-refractivity contribution in [3.63, 3.8) is 0 Å². The van der Waals surface area contributed by atoms with Gasteiger partial charge in [0.1, 0.15) is 17.6 Å². The summed E-state index contributed by atoms with van der Waals surface area (Å²) >= 11 is 0. The minimum Gasteiger partial charge on any atom is -0.291 e. The Kier molecular flexibility index (Phi) is 2.99. The van der Waals surface area contributed by atoms with Gasteiger partial charge in [0.05, 0.1) is 7.05 Å². The number of imidazole rings is 1. The molecule has 0 aliphatic carbocycles. The molecule has 0 saturated heterocycles. The first-order valence-electron chi connectivity index (χ1n) is 6.49. The number of rotatable bonds is 3. The van der Waals surface area contributed by atoms with Crippen LogP contribution < -0.4 is 10.3 Å². The Balaban J connectivity index is 2.04. The minimum absolute atomic E-state index is 0.0543. The highest BCUT2D eigenvalue weighted by molar-refractivity contribution is 5.96. The average molecular weight is 266 g/mol. The molecule has 4 nitrogen and oxygen atoms in total. The number of carbonyl (C=O) groups excluding carboxylic acids is 1. The summed E-state index contributed by atoms with van der Waals surface area (Å²) in [7, 11) is 1.90. The predicted molar refractivity (Wildman–Crippen MR) is 78.3 cm³/mol. The fourth-order valence-corrected chi connectivity index (χ4v) is 2.43. The molecule has 0 aliphatic rings. The molecule has 20 heavy (non-hydrogen) atoms. The van der Waals surface area contributed by atoms with Crippen LogP contribution in [0.4, 0.5) is 5.95 Å². The molecule has 3 rings (SSSR count). The molecule has 2 aromatic carbocycles. The first-order chi connectivity index (χ1) is 9.68. The molecule has 1 aromatic heterocycles. The Morgan fingerprint density at radius 1 is 1.10 bits per heavy atom. The van der Waals surface area contributed by atoms with Crippen molar-refractivity contribution in [3.05, 3.63) is 60.2 Å². The van der Waals surface area contributed by atoms with Crippen LogP contribution in [0.25, 0.3) is 11.0 Å². The van der Waals surface area contributed by atoms with Gasteiger partial charge < -0.3 is 0 Å². The van der Waals surface area contributed by atoms with Crippen LogP contribution in [0.2, 0.25) is 0 Å². The van der Waals surface area contributed by atoms with Crippen LogP contribution >= 0.6 is 0 Å². The molecular weight excluding hydrogens is 250 g/mol. The topological polar surface area (TPSA) is 51.9 Å².